The van der Waals surface area contributed by atoms with Crippen LogP contribution >= 0.6 is 27.5 Å². The molecule has 0 aromatic heterocycles. The molecule has 1 nitrogen and oxygen atoms in total. The van der Waals surface area contributed by atoms with E-state index in [1.165, 1.54) is 16.7 Å². The van der Waals surface area contributed by atoms with Crippen molar-refractivity contribution in [3.8, 4) is 0 Å². The first-order chi connectivity index (χ1) is 8.97. The van der Waals surface area contributed by atoms with Crippen LogP contribution in [0.4, 0.5) is 0 Å². The van der Waals surface area contributed by atoms with Crippen molar-refractivity contribution >= 4 is 27.5 Å². The zero-order valence-electron chi connectivity index (χ0n) is 11.1. The van der Waals surface area contributed by atoms with Crippen LogP contribution < -0.4 is 5.73 Å². The molecule has 0 aliphatic carbocycles. The van der Waals surface area contributed by atoms with Gasteiger partial charge in [0.1, 0.15) is 0 Å². The Bertz CT molecular complexity index is 595. The Morgan fingerprint density at radius 3 is 2.58 bits per heavy atom. The highest BCUT2D eigenvalue weighted by Crippen LogP contribution is 2.28. The van der Waals surface area contributed by atoms with E-state index >= 15 is 0 Å². The van der Waals surface area contributed by atoms with E-state index in [1.807, 2.05) is 18.2 Å². The maximum absolute atomic E-state index is 6.32. The lowest BCUT2D eigenvalue weighted by Crippen LogP contribution is -2.14. The summed E-state index contributed by atoms with van der Waals surface area (Å²) in [5, 5.41) is 0.717. The quantitative estimate of drug-likeness (QED) is 0.841. The summed E-state index contributed by atoms with van der Waals surface area (Å²) in [6.07, 6.45) is 0.827. The van der Waals surface area contributed by atoms with Gasteiger partial charge in [-0.3, -0.25) is 0 Å². The van der Waals surface area contributed by atoms with Crippen LogP contribution in [0.5, 0.6) is 0 Å². The lowest BCUT2D eigenvalue weighted by Gasteiger charge is -2.16. The summed E-state index contributed by atoms with van der Waals surface area (Å²) in [4.78, 5) is 0. The lowest BCUT2D eigenvalue weighted by molar-refractivity contribution is 0.715. The van der Waals surface area contributed by atoms with Crippen molar-refractivity contribution in [2.24, 2.45) is 5.73 Å². The van der Waals surface area contributed by atoms with Gasteiger partial charge in [-0.25, -0.2) is 0 Å². The van der Waals surface area contributed by atoms with Crippen molar-refractivity contribution in [2.45, 2.75) is 26.3 Å². The van der Waals surface area contributed by atoms with Crippen molar-refractivity contribution in [1.82, 2.24) is 0 Å². The topological polar surface area (TPSA) is 26.0 Å². The number of nitrogens with two attached hydrogens (primary N) is 1. The predicted molar refractivity (Wildman–Crippen MR) is 85.7 cm³/mol. The number of hydrogen-bond acceptors (Lipinski definition) is 1. The highest BCUT2D eigenvalue weighted by molar-refractivity contribution is 9.10. The van der Waals surface area contributed by atoms with Crippen LogP contribution in [0.25, 0.3) is 0 Å². The lowest BCUT2D eigenvalue weighted by atomic mass is 9.95. The van der Waals surface area contributed by atoms with Gasteiger partial charge in [0.2, 0.25) is 0 Å². The second-order valence-corrected chi connectivity index (χ2v) is 6.20. The van der Waals surface area contributed by atoms with Gasteiger partial charge in [0.15, 0.2) is 0 Å². The largest absolute Gasteiger partial charge is 0.324 e. The molecule has 3 heteroatoms. The molecule has 2 N–H and O–H groups in total. The molecule has 0 saturated heterocycles. The van der Waals surface area contributed by atoms with Gasteiger partial charge >= 0.3 is 0 Å². The van der Waals surface area contributed by atoms with Crippen molar-refractivity contribution in [3.05, 3.63) is 68.1 Å². The molecule has 0 fully saturated rings. The molecule has 0 heterocycles. The monoisotopic (exact) mass is 337 g/mol. The van der Waals surface area contributed by atoms with E-state index < -0.39 is 0 Å². The molecule has 19 heavy (non-hydrogen) atoms. The van der Waals surface area contributed by atoms with Gasteiger partial charge in [-0.2, -0.15) is 0 Å². The van der Waals surface area contributed by atoms with Gasteiger partial charge in [-0.05, 0) is 49.1 Å². The van der Waals surface area contributed by atoms with E-state index in [-0.39, 0.29) is 6.04 Å². The molecule has 0 amide bonds. The molecule has 2 rings (SSSR count). The molecule has 0 radical (unpaired) electrons. The molecule has 0 spiro atoms. The number of benzene rings is 2. The third-order valence-corrected chi connectivity index (χ3v) is 4.23. The third-order valence-electron chi connectivity index (χ3n) is 3.31. The molecule has 0 bridgehead atoms. The van der Waals surface area contributed by atoms with Gasteiger partial charge in [0.25, 0.3) is 0 Å². The fourth-order valence-corrected chi connectivity index (χ4v) is 3.15. The van der Waals surface area contributed by atoms with Crippen LogP contribution in [0, 0.1) is 13.8 Å². The van der Waals surface area contributed by atoms with E-state index in [1.54, 1.807) is 0 Å². The Morgan fingerprint density at radius 2 is 1.89 bits per heavy atom. The molecule has 0 aliphatic rings. The third kappa shape index (κ3) is 3.59. The Labute approximate surface area is 127 Å². The van der Waals surface area contributed by atoms with Gasteiger partial charge in [-0.1, -0.05) is 57.4 Å². The van der Waals surface area contributed by atoms with Crippen LogP contribution in [0.15, 0.2) is 40.9 Å². The molecule has 100 valence electrons. The highest BCUT2D eigenvalue weighted by Gasteiger charge is 2.12. The van der Waals surface area contributed by atoms with E-state index in [9.17, 15) is 0 Å². The summed E-state index contributed by atoms with van der Waals surface area (Å²) in [6, 6.07) is 12.2. The summed E-state index contributed by atoms with van der Waals surface area (Å²) in [7, 11) is 0. The van der Waals surface area contributed by atoms with E-state index in [2.05, 4.69) is 48.0 Å². The first kappa shape index (κ1) is 14.6. The summed E-state index contributed by atoms with van der Waals surface area (Å²) >= 11 is 9.49. The Hall–Kier alpha value is -0.830. The van der Waals surface area contributed by atoms with Gasteiger partial charge in [0, 0.05) is 15.5 Å². The fourth-order valence-electron chi connectivity index (χ4n) is 2.17. The molecule has 1 unspecified atom stereocenters. The Kier molecular flexibility index (Phi) is 4.67. The normalized spacial score (nSPS) is 12.5. The Morgan fingerprint density at radius 1 is 1.16 bits per heavy atom. The first-order valence-corrected chi connectivity index (χ1v) is 7.41. The molecular weight excluding hydrogens is 322 g/mol. The predicted octanol–water partition coefficient (Wildman–Crippen LogP) is 4.96. The van der Waals surface area contributed by atoms with Crippen molar-refractivity contribution in [1.29, 1.82) is 0 Å². The van der Waals surface area contributed by atoms with E-state index in [0.29, 0.717) is 0 Å². The van der Waals surface area contributed by atoms with Crippen LogP contribution in [-0.4, -0.2) is 0 Å². The van der Waals surface area contributed by atoms with E-state index in [4.69, 9.17) is 17.3 Å². The van der Waals surface area contributed by atoms with Gasteiger partial charge < -0.3 is 5.73 Å². The van der Waals surface area contributed by atoms with Crippen molar-refractivity contribution in [2.75, 3.05) is 0 Å². The summed E-state index contributed by atoms with van der Waals surface area (Å²) in [6.45, 7) is 4.23. The second-order valence-electron chi connectivity index (χ2n) is 4.91. The maximum atomic E-state index is 6.32. The van der Waals surface area contributed by atoms with Crippen LogP contribution in [0.1, 0.15) is 28.3 Å². The minimum atomic E-state index is -0.0351. The summed E-state index contributed by atoms with van der Waals surface area (Å²) in [5.74, 6) is 0. The molecular formula is C16H17BrClN. The average Bonchev–Trinajstić information content (AvgIpc) is 2.33. The van der Waals surface area contributed by atoms with E-state index in [0.717, 1.165) is 21.5 Å². The van der Waals surface area contributed by atoms with Crippen LogP contribution in [-0.2, 0) is 6.42 Å². The number of rotatable bonds is 3. The van der Waals surface area contributed by atoms with Gasteiger partial charge in [0.05, 0.1) is 0 Å². The molecule has 0 saturated carbocycles. The minimum absolute atomic E-state index is 0.0351. The van der Waals surface area contributed by atoms with Crippen LogP contribution in [0.2, 0.25) is 5.02 Å². The standard InChI is InChI=1S/C16H17BrClN/c1-10-3-4-11(2)12(7-10)8-16(19)14-6-5-13(18)9-15(14)17/h3-7,9,16H,8,19H2,1-2H3. The zero-order valence-corrected chi connectivity index (χ0v) is 13.4. The smallest absolute Gasteiger partial charge is 0.0417 e. The number of aryl methyl sites for hydroxylation is 2. The zero-order chi connectivity index (χ0) is 14.0. The van der Waals surface area contributed by atoms with Crippen molar-refractivity contribution < 1.29 is 0 Å². The number of hydrogen-bond donors (Lipinski definition) is 1. The van der Waals surface area contributed by atoms with Crippen LogP contribution in [0.3, 0.4) is 0 Å². The van der Waals surface area contributed by atoms with Gasteiger partial charge in [-0.15, -0.1) is 0 Å². The minimum Gasteiger partial charge on any atom is -0.324 e. The molecule has 1 atom stereocenters. The van der Waals surface area contributed by atoms with Crippen molar-refractivity contribution in [3.63, 3.8) is 0 Å². The Balaban J connectivity index is 2.25. The fraction of sp³-hybridized carbons (Fsp3) is 0.250. The molecule has 0 aliphatic heterocycles. The summed E-state index contributed by atoms with van der Waals surface area (Å²) < 4.78 is 0.970. The second kappa shape index (κ2) is 6.08. The molecule has 2 aromatic rings. The summed E-state index contributed by atoms with van der Waals surface area (Å²) in [5.41, 5.74) is 11.3. The highest BCUT2D eigenvalue weighted by atomic mass is 79.9. The first-order valence-electron chi connectivity index (χ1n) is 6.24. The number of halogens is 2. The average molecular weight is 339 g/mol. The SMILES string of the molecule is Cc1ccc(C)c(CC(N)c2ccc(Cl)cc2Br)c1. The maximum Gasteiger partial charge on any atom is 0.0417 e. The molecule has 2 aromatic carbocycles.